The van der Waals surface area contributed by atoms with Crippen LogP contribution in [0.2, 0.25) is 5.15 Å². The fraction of sp³-hybridized carbons (Fsp3) is 0.824. The molecule has 0 aliphatic carbocycles. The van der Waals surface area contributed by atoms with Crippen molar-refractivity contribution in [2.75, 3.05) is 26.3 Å². The first-order valence-corrected chi connectivity index (χ1v) is 9.62. The first-order chi connectivity index (χ1) is 12.2. The number of alkyl halides is 1. The van der Waals surface area contributed by atoms with Crippen molar-refractivity contribution in [3.63, 3.8) is 0 Å². The van der Waals surface area contributed by atoms with Crippen LogP contribution in [0.5, 0.6) is 0 Å². The number of aromatic nitrogens is 2. The highest BCUT2D eigenvalue weighted by Gasteiger charge is 2.53. The summed E-state index contributed by atoms with van der Waals surface area (Å²) in [5.74, 6) is 0. The molecule has 6 nitrogen and oxygen atoms in total. The van der Waals surface area contributed by atoms with E-state index in [0.717, 1.165) is 6.54 Å². The Labute approximate surface area is 159 Å². The fourth-order valence-electron chi connectivity index (χ4n) is 3.68. The van der Waals surface area contributed by atoms with Crippen LogP contribution in [-0.4, -0.2) is 71.5 Å². The standard InChI is InChI=1S/C17H26BClFN3O3/c1-16(2)17(3,4)26-18(25-16)12-7-21-23(15(12)19)14-5-6-22(8-13(14)20)11-9-24-10-11/h7,11,13-14H,5-6,8-10H2,1-4H3/t13-,14-/m0/s1. The summed E-state index contributed by atoms with van der Waals surface area (Å²) in [5.41, 5.74) is -0.253. The summed E-state index contributed by atoms with van der Waals surface area (Å²) >= 11 is 6.57. The number of ether oxygens (including phenoxy) is 1. The quantitative estimate of drug-likeness (QED) is 0.743. The minimum absolute atomic E-state index is 0.350. The second-order valence-electron chi connectivity index (χ2n) is 8.48. The van der Waals surface area contributed by atoms with E-state index in [1.54, 1.807) is 10.9 Å². The van der Waals surface area contributed by atoms with Gasteiger partial charge in [0.25, 0.3) is 0 Å². The Morgan fingerprint density at radius 1 is 1.23 bits per heavy atom. The number of likely N-dealkylation sites (tertiary alicyclic amines) is 1. The molecule has 0 bridgehead atoms. The monoisotopic (exact) mass is 385 g/mol. The molecule has 0 saturated carbocycles. The van der Waals surface area contributed by atoms with Crippen LogP contribution in [0.3, 0.4) is 0 Å². The van der Waals surface area contributed by atoms with Crippen LogP contribution < -0.4 is 5.46 Å². The molecule has 9 heteroatoms. The van der Waals surface area contributed by atoms with Crippen LogP contribution in [0.25, 0.3) is 0 Å². The third kappa shape index (κ3) is 3.00. The van der Waals surface area contributed by atoms with E-state index in [1.807, 2.05) is 27.7 Å². The molecule has 26 heavy (non-hydrogen) atoms. The Balaban J connectivity index is 1.49. The van der Waals surface area contributed by atoms with Crippen LogP contribution in [0, 0.1) is 0 Å². The molecule has 3 aliphatic rings. The molecule has 0 aromatic carbocycles. The Morgan fingerprint density at radius 3 is 2.42 bits per heavy atom. The molecule has 3 aliphatic heterocycles. The zero-order valence-electron chi connectivity index (χ0n) is 15.7. The highest BCUT2D eigenvalue weighted by atomic mass is 35.5. The fourth-order valence-corrected chi connectivity index (χ4v) is 3.98. The van der Waals surface area contributed by atoms with Gasteiger partial charge >= 0.3 is 7.12 Å². The number of hydrogen-bond donors (Lipinski definition) is 0. The summed E-state index contributed by atoms with van der Waals surface area (Å²) in [7, 11) is -0.591. The molecular formula is C17H26BClFN3O3. The Bertz CT molecular complexity index is 666. The molecule has 144 valence electrons. The van der Waals surface area contributed by atoms with Gasteiger partial charge in [0.2, 0.25) is 0 Å². The molecule has 0 N–H and O–H groups in total. The van der Waals surface area contributed by atoms with E-state index in [9.17, 15) is 4.39 Å². The third-order valence-corrected chi connectivity index (χ3v) is 6.65. The topological polar surface area (TPSA) is 48.8 Å². The summed E-state index contributed by atoms with van der Waals surface area (Å²) in [6.45, 7) is 10.6. The van der Waals surface area contributed by atoms with Crippen LogP contribution in [0.4, 0.5) is 4.39 Å². The minimum Gasteiger partial charge on any atom is -0.399 e. The summed E-state index contributed by atoms with van der Waals surface area (Å²) in [4.78, 5) is 2.16. The van der Waals surface area contributed by atoms with E-state index in [1.165, 1.54) is 0 Å². The average Bonchev–Trinajstić information content (AvgIpc) is 2.95. The Morgan fingerprint density at radius 2 is 1.88 bits per heavy atom. The van der Waals surface area contributed by atoms with E-state index >= 15 is 0 Å². The molecule has 0 spiro atoms. The Kier molecular flexibility index (Phi) is 4.63. The van der Waals surface area contributed by atoms with Gasteiger partial charge in [0.1, 0.15) is 11.3 Å². The van der Waals surface area contributed by atoms with Gasteiger partial charge in [-0.05, 0) is 34.1 Å². The van der Waals surface area contributed by atoms with E-state index in [0.29, 0.717) is 42.8 Å². The van der Waals surface area contributed by atoms with Crippen molar-refractivity contribution in [2.45, 2.75) is 63.6 Å². The second-order valence-corrected chi connectivity index (χ2v) is 8.84. The minimum atomic E-state index is -1.02. The molecule has 1 aromatic rings. The maximum atomic E-state index is 14.9. The largest absolute Gasteiger partial charge is 0.499 e. The van der Waals surface area contributed by atoms with E-state index in [4.69, 9.17) is 25.6 Å². The molecule has 3 fully saturated rings. The van der Waals surface area contributed by atoms with Gasteiger partial charge < -0.3 is 14.0 Å². The van der Waals surface area contributed by atoms with Crippen molar-refractivity contribution in [1.29, 1.82) is 0 Å². The smallest absolute Gasteiger partial charge is 0.399 e. The van der Waals surface area contributed by atoms with Crippen molar-refractivity contribution < 1.29 is 18.4 Å². The molecule has 0 unspecified atom stereocenters. The lowest BCUT2D eigenvalue weighted by molar-refractivity contribution is -0.0847. The van der Waals surface area contributed by atoms with Crippen LogP contribution in [-0.2, 0) is 14.0 Å². The highest BCUT2D eigenvalue weighted by Crippen LogP contribution is 2.37. The number of hydrogen-bond acceptors (Lipinski definition) is 5. The van der Waals surface area contributed by atoms with Crippen molar-refractivity contribution >= 4 is 24.2 Å². The van der Waals surface area contributed by atoms with Gasteiger partial charge in [0.15, 0.2) is 0 Å². The molecule has 4 rings (SSSR count). The number of rotatable bonds is 3. The lowest BCUT2D eigenvalue weighted by atomic mass is 9.81. The van der Waals surface area contributed by atoms with E-state index in [2.05, 4.69) is 10.00 Å². The molecule has 2 atom stereocenters. The first-order valence-electron chi connectivity index (χ1n) is 9.24. The molecule has 4 heterocycles. The predicted octanol–water partition coefficient (Wildman–Crippen LogP) is 1.82. The molecular weight excluding hydrogens is 359 g/mol. The summed E-state index contributed by atoms with van der Waals surface area (Å²) in [6.07, 6.45) is 1.29. The SMILES string of the molecule is CC1(C)OB(c2cnn([C@H]3CCN(C4COC4)C[C@@H]3F)c2Cl)OC1(C)C. The maximum Gasteiger partial charge on any atom is 0.499 e. The van der Waals surface area contributed by atoms with Gasteiger partial charge in [-0.3, -0.25) is 4.90 Å². The lowest BCUT2D eigenvalue weighted by Gasteiger charge is -2.42. The number of piperidine rings is 1. The second kappa shape index (κ2) is 6.45. The normalized spacial score (nSPS) is 32.0. The number of halogens is 2. The average molecular weight is 386 g/mol. The zero-order valence-corrected chi connectivity index (χ0v) is 16.5. The summed E-state index contributed by atoms with van der Waals surface area (Å²) < 4.78 is 33.8. The van der Waals surface area contributed by atoms with Crippen molar-refractivity contribution in [2.24, 2.45) is 0 Å². The zero-order chi connectivity index (χ0) is 18.7. The lowest BCUT2D eigenvalue weighted by Crippen LogP contribution is -2.55. The molecule has 3 saturated heterocycles. The van der Waals surface area contributed by atoms with E-state index < -0.39 is 24.5 Å². The van der Waals surface area contributed by atoms with Gasteiger partial charge in [-0.2, -0.15) is 5.10 Å². The highest BCUT2D eigenvalue weighted by molar-refractivity contribution is 6.65. The van der Waals surface area contributed by atoms with Gasteiger partial charge in [-0.1, -0.05) is 11.6 Å². The summed E-state index contributed by atoms with van der Waals surface area (Å²) in [6, 6.07) is -0.0153. The predicted molar refractivity (Wildman–Crippen MR) is 97.7 cm³/mol. The van der Waals surface area contributed by atoms with E-state index in [-0.39, 0.29) is 6.04 Å². The number of nitrogens with zero attached hydrogens (tertiary/aromatic N) is 3. The van der Waals surface area contributed by atoms with Crippen LogP contribution in [0.1, 0.15) is 40.2 Å². The first kappa shape index (κ1) is 18.7. The summed E-state index contributed by atoms with van der Waals surface area (Å²) in [5, 5.41) is 4.78. The van der Waals surface area contributed by atoms with Crippen molar-refractivity contribution in [3.8, 4) is 0 Å². The molecule has 1 aromatic heterocycles. The Hall–Kier alpha value is -0.665. The molecule has 0 amide bonds. The van der Waals surface area contributed by atoms with Gasteiger partial charge in [0.05, 0.1) is 42.7 Å². The van der Waals surface area contributed by atoms with Gasteiger partial charge in [0, 0.05) is 18.6 Å². The van der Waals surface area contributed by atoms with Crippen LogP contribution >= 0.6 is 11.6 Å². The third-order valence-electron chi connectivity index (χ3n) is 6.26. The van der Waals surface area contributed by atoms with Gasteiger partial charge in [-0.15, -0.1) is 0 Å². The maximum absolute atomic E-state index is 14.9. The van der Waals surface area contributed by atoms with Crippen LogP contribution in [0.15, 0.2) is 6.20 Å². The molecule has 0 radical (unpaired) electrons. The van der Waals surface area contributed by atoms with Crippen molar-refractivity contribution in [1.82, 2.24) is 14.7 Å². The van der Waals surface area contributed by atoms with Crippen molar-refractivity contribution in [3.05, 3.63) is 11.3 Å². The van der Waals surface area contributed by atoms with Gasteiger partial charge in [-0.25, -0.2) is 9.07 Å².